The maximum atomic E-state index is 12.4. The van der Waals surface area contributed by atoms with Gasteiger partial charge < -0.3 is 14.8 Å². The fraction of sp³-hybridized carbons (Fsp3) is 0.316. The molecule has 0 heterocycles. The van der Waals surface area contributed by atoms with Crippen LogP contribution < -0.4 is 14.8 Å². The highest BCUT2D eigenvalue weighted by atomic mass is 16.5. The molecule has 0 spiro atoms. The van der Waals surface area contributed by atoms with Crippen molar-refractivity contribution >= 4 is 11.6 Å². The summed E-state index contributed by atoms with van der Waals surface area (Å²) in [4.78, 5) is 12.4. The molecular weight excluding hydrogens is 290 g/mol. The minimum atomic E-state index is -0.0579. The van der Waals surface area contributed by atoms with Crippen LogP contribution in [0.1, 0.15) is 23.6 Å². The van der Waals surface area contributed by atoms with Gasteiger partial charge in [-0.15, -0.1) is 0 Å². The maximum Gasteiger partial charge on any atom is 0.228 e. The number of rotatable bonds is 6. The Morgan fingerprint density at radius 2 is 1.87 bits per heavy atom. The van der Waals surface area contributed by atoms with Crippen LogP contribution in [0.25, 0.3) is 0 Å². The molecule has 4 nitrogen and oxygen atoms in total. The average molecular weight is 313 g/mol. The number of hydrogen-bond acceptors (Lipinski definition) is 3. The molecule has 0 aliphatic rings. The zero-order valence-corrected chi connectivity index (χ0v) is 14.1. The normalized spacial score (nSPS) is 10.3. The summed E-state index contributed by atoms with van der Waals surface area (Å²) in [5.41, 5.74) is 3.95. The molecule has 23 heavy (non-hydrogen) atoms. The van der Waals surface area contributed by atoms with E-state index in [1.54, 1.807) is 20.3 Å². The van der Waals surface area contributed by atoms with Gasteiger partial charge >= 0.3 is 0 Å². The molecule has 2 aromatic rings. The molecule has 0 aliphatic heterocycles. The molecule has 0 aromatic heterocycles. The van der Waals surface area contributed by atoms with Gasteiger partial charge in [-0.3, -0.25) is 4.79 Å². The topological polar surface area (TPSA) is 47.6 Å². The number of anilines is 1. The van der Waals surface area contributed by atoms with Crippen molar-refractivity contribution in [3.05, 3.63) is 53.1 Å². The van der Waals surface area contributed by atoms with E-state index in [0.717, 1.165) is 28.8 Å². The Labute approximate surface area is 137 Å². The van der Waals surface area contributed by atoms with Crippen LogP contribution in [0.5, 0.6) is 11.5 Å². The van der Waals surface area contributed by atoms with Crippen molar-refractivity contribution in [1.82, 2.24) is 0 Å². The molecule has 0 fully saturated rings. The first-order valence-corrected chi connectivity index (χ1v) is 7.68. The van der Waals surface area contributed by atoms with Crippen molar-refractivity contribution in [2.45, 2.75) is 26.7 Å². The number of nitrogens with one attached hydrogen (secondary N) is 1. The number of methoxy groups -OCH3 is 2. The fourth-order valence-corrected chi connectivity index (χ4v) is 2.56. The Hall–Kier alpha value is -2.49. The van der Waals surface area contributed by atoms with Crippen LogP contribution in [-0.2, 0) is 17.6 Å². The summed E-state index contributed by atoms with van der Waals surface area (Å²) in [5.74, 6) is 1.30. The summed E-state index contributed by atoms with van der Waals surface area (Å²) in [6.45, 7) is 4.08. The SMILES string of the molecule is CCc1cccc(C)c1NC(=O)Cc1ccc(OC)cc1OC. The summed E-state index contributed by atoms with van der Waals surface area (Å²) in [5, 5.41) is 3.03. The lowest BCUT2D eigenvalue weighted by atomic mass is 10.0. The monoisotopic (exact) mass is 313 g/mol. The third kappa shape index (κ3) is 4.03. The molecule has 0 atom stereocenters. The molecule has 0 unspecified atom stereocenters. The van der Waals surface area contributed by atoms with Crippen LogP contribution in [0.3, 0.4) is 0 Å². The summed E-state index contributed by atoms with van der Waals surface area (Å²) >= 11 is 0. The number of aryl methyl sites for hydroxylation is 2. The van der Waals surface area contributed by atoms with Crippen LogP contribution in [0.4, 0.5) is 5.69 Å². The first-order valence-electron chi connectivity index (χ1n) is 7.68. The van der Waals surface area contributed by atoms with E-state index >= 15 is 0 Å². The summed E-state index contributed by atoms with van der Waals surface area (Å²) in [7, 11) is 3.19. The van der Waals surface area contributed by atoms with E-state index in [9.17, 15) is 4.79 Å². The summed E-state index contributed by atoms with van der Waals surface area (Å²) in [6, 6.07) is 11.5. The first kappa shape index (κ1) is 16.9. The highest BCUT2D eigenvalue weighted by molar-refractivity contribution is 5.94. The molecule has 0 saturated carbocycles. The number of amides is 1. The second-order valence-electron chi connectivity index (χ2n) is 5.37. The molecule has 2 rings (SSSR count). The Balaban J connectivity index is 2.17. The quantitative estimate of drug-likeness (QED) is 0.883. The highest BCUT2D eigenvalue weighted by Crippen LogP contribution is 2.26. The zero-order valence-electron chi connectivity index (χ0n) is 14.1. The zero-order chi connectivity index (χ0) is 16.8. The molecular formula is C19H23NO3. The molecule has 0 radical (unpaired) electrons. The predicted octanol–water partition coefficient (Wildman–Crippen LogP) is 3.76. The fourth-order valence-electron chi connectivity index (χ4n) is 2.56. The van der Waals surface area contributed by atoms with Gasteiger partial charge in [-0.1, -0.05) is 31.2 Å². The summed E-state index contributed by atoms with van der Waals surface area (Å²) < 4.78 is 10.5. The van der Waals surface area contributed by atoms with Gasteiger partial charge in [-0.05, 0) is 30.5 Å². The molecule has 2 aromatic carbocycles. The Morgan fingerprint density at radius 1 is 1.09 bits per heavy atom. The van der Waals surface area contributed by atoms with Crippen molar-refractivity contribution in [3.8, 4) is 11.5 Å². The lowest BCUT2D eigenvalue weighted by Crippen LogP contribution is -2.17. The highest BCUT2D eigenvalue weighted by Gasteiger charge is 2.12. The Kier molecular flexibility index (Phi) is 5.63. The number of para-hydroxylation sites is 1. The van der Waals surface area contributed by atoms with E-state index in [2.05, 4.69) is 12.2 Å². The van der Waals surface area contributed by atoms with Crippen LogP contribution in [0, 0.1) is 6.92 Å². The van der Waals surface area contributed by atoms with Crippen molar-refractivity contribution in [2.75, 3.05) is 19.5 Å². The number of carbonyl (C=O) groups excluding carboxylic acids is 1. The van der Waals surface area contributed by atoms with Gasteiger partial charge in [-0.25, -0.2) is 0 Å². The molecule has 0 aliphatic carbocycles. The molecule has 1 N–H and O–H groups in total. The minimum Gasteiger partial charge on any atom is -0.497 e. The van der Waals surface area contributed by atoms with Crippen LogP contribution in [-0.4, -0.2) is 20.1 Å². The third-order valence-electron chi connectivity index (χ3n) is 3.85. The van der Waals surface area contributed by atoms with E-state index in [4.69, 9.17) is 9.47 Å². The number of carbonyl (C=O) groups is 1. The molecule has 4 heteroatoms. The van der Waals surface area contributed by atoms with Gasteiger partial charge in [0.15, 0.2) is 0 Å². The number of hydrogen-bond donors (Lipinski definition) is 1. The Bertz CT molecular complexity index is 695. The van der Waals surface area contributed by atoms with E-state index < -0.39 is 0 Å². The van der Waals surface area contributed by atoms with Crippen molar-refractivity contribution in [3.63, 3.8) is 0 Å². The van der Waals surface area contributed by atoms with Crippen LogP contribution in [0.2, 0.25) is 0 Å². The maximum absolute atomic E-state index is 12.4. The molecule has 0 saturated heterocycles. The second-order valence-corrected chi connectivity index (χ2v) is 5.37. The lowest BCUT2D eigenvalue weighted by molar-refractivity contribution is -0.115. The molecule has 122 valence electrons. The predicted molar refractivity (Wildman–Crippen MR) is 92.4 cm³/mol. The largest absolute Gasteiger partial charge is 0.497 e. The standard InChI is InChI=1S/C19H23NO3/c1-5-14-8-6-7-13(2)19(14)20-18(21)11-15-9-10-16(22-3)12-17(15)23-4/h6-10,12H,5,11H2,1-4H3,(H,20,21). The molecule has 0 bridgehead atoms. The van der Waals surface area contributed by atoms with Gasteiger partial charge in [0.25, 0.3) is 0 Å². The Morgan fingerprint density at radius 3 is 2.52 bits per heavy atom. The number of benzene rings is 2. The average Bonchev–Trinajstić information content (AvgIpc) is 2.57. The van der Waals surface area contributed by atoms with E-state index in [0.29, 0.717) is 11.5 Å². The van der Waals surface area contributed by atoms with Crippen molar-refractivity contribution in [1.29, 1.82) is 0 Å². The lowest BCUT2D eigenvalue weighted by Gasteiger charge is -2.14. The van der Waals surface area contributed by atoms with Gasteiger partial charge in [0.2, 0.25) is 5.91 Å². The van der Waals surface area contributed by atoms with Gasteiger partial charge in [0, 0.05) is 17.3 Å². The van der Waals surface area contributed by atoms with E-state index in [1.807, 2.05) is 37.3 Å². The van der Waals surface area contributed by atoms with E-state index in [1.165, 1.54) is 0 Å². The first-order chi connectivity index (χ1) is 11.1. The summed E-state index contributed by atoms with van der Waals surface area (Å²) in [6.07, 6.45) is 1.13. The van der Waals surface area contributed by atoms with Gasteiger partial charge in [0.1, 0.15) is 11.5 Å². The number of ether oxygens (including phenoxy) is 2. The minimum absolute atomic E-state index is 0.0579. The van der Waals surface area contributed by atoms with Crippen LogP contribution in [0.15, 0.2) is 36.4 Å². The third-order valence-corrected chi connectivity index (χ3v) is 3.85. The second kappa shape index (κ2) is 7.68. The van der Waals surface area contributed by atoms with Crippen molar-refractivity contribution < 1.29 is 14.3 Å². The van der Waals surface area contributed by atoms with Crippen LogP contribution >= 0.6 is 0 Å². The van der Waals surface area contributed by atoms with E-state index in [-0.39, 0.29) is 12.3 Å². The molecule has 1 amide bonds. The van der Waals surface area contributed by atoms with Crippen molar-refractivity contribution in [2.24, 2.45) is 0 Å². The van der Waals surface area contributed by atoms with Gasteiger partial charge in [0.05, 0.1) is 20.6 Å². The van der Waals surface area contributed by atoms with Gasteiger partial charge in [-0.2, -0.15) is 0 Å². The smallest absolute Gasteiger partial charge is 0.228 e.